The van der Waals surface area contributed by atoms with Crippen molar-refractivity contribution in [2.24, 2.45) is 0 Å². The summed E-state index contributed by atoms with van der Waals surface area (Å²) in [6, 6.07) is 0. The molecule has 0 saturated carbocycles. The maximum Gasteiger partial charge on any atom is 3.00 e. The predicted molar refractivity (Wildman–Crippen MR) is 107 cm³/mol. The van der Waals surface area contributed by atoms with Gasteiger partial charge in [0, 0.05) is 52.4 Å². The molecular formula is C12H29N4O12P4Sm. The second-order valence-electron chi connectivity index (χ2n) is 7.61. The van der Waals surface area contributed by atoms with Gasteiger partial charge in [-0.3, -0.25) is 24.2 Å². The zero-order chi connectivity index (χ0) is 24.8. The number of hydrogen-bond acceptors (Lipinski definition) is 11. The Morgan fingerprint density at radius 3 is 0.818 bits per heavy atom. The molecule has 1 saturated heterocycles. The summed E-state index contributed by atoms with van der Waals surface area (Å²) in [7, 11) is -18.8. The second kappa shape index (κ2) is 14.6. The van der Waals surface area contributed by atoms with E-state index in [1.54, 1.807) is 0 Å². The molecule has 3 unspecified atom stereocenters. The summed E-state index contributed by atoms with van der Waals surface area (Å²) >= 11 is 0. The van der Waals surface area contributed by atoms with Crippen LogP contribution in [0.2, 0.25) is 0 Å². The van der Waals surface area contributed by atoms with Crippen molar-refractivity contribution in [3.63, 3.8) is 0 Å². The van der Waals surface area contributed by atoms with E-state index in [9.17, 15) is 57.4 Å². The van der Waals surface area contributed by atoms with E-state index >= 15 is 0 Å². The van der Waals surface area contributed by atoms with Gasteiger partial charge in [0.15, 0.2) is 0 Å². The minimum absolute atomic E-state index is 0. The van der Waals surface area contributed by atoms with Crippen LogP contribution in [-0.2, 0) is 18.3 Å². The van der Waals surface area contributed by atoms with E-state index < -0.39 is 55.5 Å². The molecule has 1 rings (SSSR count). The van der Waals surface area contributed by atoms with Crippen LogP contribution in [0.4, 0.5) is 0 Å². The summed E-state index contributed by atoms with van der Waals surface area (Å²) in [4.78, 5) is 85.2. The molecule has 195 valence electrons. The van der Waals surface area contributed by atoms with Gasteiger partial charge in [-0.05, 0) is 0 Å². The third kappa shape index (κ3) is 19.5. The first kappa shape index (κ1) is 34.8. The normalized spacial score (nSPS) is 25.0. The van der Waals surface area contributed by atoms with E-state index in [1.165, 1.54) is 19.6 Å². The summed E-state index contributed by atoms with van der Waals surface area (Å²) < 4.78 is 45.5. The molecule has 0 aromatic carbocycles. The molecule has 5 N–H and O–H groups in total. The molecule has 16 nitrogen and oxygen atoms in total. The van der Waals surface area contributed by atoms with Crippen molar-refractivity contribution in [2.75, 3.05) is 77.5 Å². The Balaban J connectivity index is 0.0000102. The zero-order valence-electron chi connectivity index (χ0n) is 17.6. The van der Waals surface area contributed by atoms with Crippen LogP contribution in [0.3, 0.4) is 0 Å². The van der Waals surface area contributed by atoms with Gasteiger partial charge in [-0.15, -0.1) is 0 Å². The molecule has 0 amide bonds. The molecular weight excluding hydrogens is 669 g/mol. The average Bonchev–Trinajstić information content (AvgIpc) is 2.52. The van der Waals surface area contributed by atoms with E-state index in [1.807, 2.05) is 0 Å². The van der Waals surface area contributed by atoms with Gasteiger partial charge in [0.25, 0.3) is 0 Å². The molecule has 3 atom stereocenters. The molecule has 0 bridgehead atoms. The van der Waals surface area contributed by atoms with Gasteiger partial charge in [-0.1, -0.05) is 0 Å². The standard InChI is InChI=1S/C12H32N4O12P4.Sm/c17-29(18,19)9-13-1-2-14(10-30(20,21)22)5-6-16(12-32(26,27)28)8-7-15(4-3-13)11-31(23,24)25;/h1-12H2,(H2,17,18,19)(H2,20,21,22)(H2,23,24,25)(H2,26,27,28);/q;+3/p-3/i;1+3. The third-order valence-electron chi connectivity index (χ3n) is 4.45. The summed E-state index contributed by atoms with van der Waals surface area (Å²) in [6.45, 7) is -0.627. The Kier molecular flexibility index (Phi) is 15.4. The average molecular weight is 698 g/mol. The van der Waals surface area contributed by atoms with Gasteiger partial charge >= 0.3 is 48.0 Å². The molecule has 1 aliphatic rings. The van der Waals surface area contributed by atoms with Crippen LogP contribution in [0.25, 0.3) is 0 Å². The first-order valence-corrected chi connectivity index (χ1v) is 16.4. The van der Waals surface area contributed by atoms with Crippen molar-refractivity contribution in [1.82, 2.24) is 19.6 Å². The fourth-order valence-corrected chi connectivity index (χ4v) is 6.33. The molecule has 0 aromatic rings. The van der Waals surface area contributed by atoms with Gasteiger partial charge in [-0.25, -0.2) is 0 Å². The van der Waals surface area contributed by atoms with E-state index in [2.05, 4.69) is 0 Å². The molecule has 0 aromatic heterocycles. The predicted octanol–water partition coefficient (Wildman–Crippen LogP) is -4.15. The van der Waals surface area contributed by atoms with Crippen LogP contribution in [0.5, 0.6) is 0 Å². The molecule has 1 fully saturated rings. The first-order chi connectivity index (χ1) is 14.3. The van der Waals surface area contributed by atoms with Crippen molar-refractivity contribution in [3.8, 4) is 0 Å². The molecule has 1 heterocycles. The van der Waals surface area contributed by atoms with E-state index in [0.717, 1.165) is 0 Å². The molecule has 0 aliphatic carbocycles. The molecule has 21 heteroatoms. The Bertz CT molecular complexity index is 640. The first-order valence-electron chi connectivity index (χ1n) is 9.34. The van der Waals surface area contributed by atoms with Gasteiger partial charge in [0.05, 0.1) is 18.9 Å². The monoisotopic (exact) mass is 698 g/mol. The van der Waals surface area contributed by atoms with Crippen LogP contribution in [0, 0.1) is 40.4 Å². The van der Waals surface area contributed by atoms with E-state index in [0.29, 0.717) is 0 Å². The number of rotatable bonds is 8. The van der Waals surface area contributed by atoms with Crippen molar-refractivity contribution >= 4 is 30.4 Å². The summed E-state index contributed by atoms with van der Waals surface area (Å²) in [5, 5.41) is 0. The van der Waals surface area contributed by atoms with Gasteiger partial charge in [-0.2, -0.15) is 0 Å². The smallest absolute Gasteiger partial charge is 0.778 e. The van der Waals surface area contributed by atoms with Crippen LogP contribution >= 0.6 is 30.4 Å². The minimum Gasteiger partial charge on any atom is -0.778 e. The Morgan fingerprint density at radius 2 is 0.667 bits per heavy atom. The van der Waals surface area contributed by atoms with Crippen molar-refractivity contribution in [2.45, 2.75) is 0 Å². The quantitative estimate of drug-likeness (QED) is 0.151. The summed E-state index contributed by atoms with van der Waals surface area (Å²) in [5.74, 6) is 0. The molecule has 0 spiro atoms. The Morgan fingerprint density at radius 1 is 0.485 bits per heavy atom. The van der Waals surface area contributed by atoms with E-state index in [4.69, 9.17) is 0 Å². The molecule has 33 heavy (non-hydrogen) atoms. The maximum absolute atomic E-state index is 11.4. The number of hydrogen-bond donors (Lipinski definition) is 5. The molecule has 1 radical (unpaired) electrons. The molecule has 1 aliphatic heterocycles. The topological polar surface area (TPSA) is 252 Å². The maximum atomic E-state index is 11.4. The van der Waals surface area contributed by atoms with Crippen LogP contribution in [0.15, 0.2) is 0 Å². The van der Waals surface area contributed by atoms with Gasteiger partial charge < -0.3 is 52.8 Å². The van der Waals surface area contributed by atoms with Crippen molar-refractivity contribution in [3.05, 3.63) is 0 Å². The summed E-state index contributed by atoms with van der Waals surface area (Å²) in [6.07, 6.45) is -3.04. The minimum atomic E-state index is -4.75. The van der Waals surface area contributed by atoms with Crippen LogP contribution in [0.1, 0.15) is 0 Å². The SMILES string of the molecule is O=P([O-])(O)CN1CCN(CP(=O)([O-])O)CCN(CP(=O)(O)O)CCN(CP(=O)([O-])O)CC1.[153Sm+3]. The largest absolute Gasteiger partial charge is 3.00 e. The van der Waals surface area contributed by atoms with Crippen molar-refractivity contribution in [1.29, 1.82) is 0 Å². The number of nitrogens with zero attached hydrogens (tertiary/aromatic N) is 4. The fraction of sp³-hybridized carbons (Fsp3) is 1.00. The second-order valence-corrected chi connectivity index (χ2v) is 13.9. The Hall–Kier alpha value is 1.78. The zero-order valence-corrected chi connectivity index (χ0v) is 23.8. The van der Waals surface area contributed by atoms with Gasteiger partial charge in [0.2, 0.25) is 0 Å². The van der Waals surface area contributed by atoms with Crippen LogP contribution in [-0.4, -0.2) is 122 Å². The fourth-order valence-electron chi connectivity index (χ4n) is 3.16. The van der Waals surface area contributed by atoms with Crippen molar-refractivity contribution < 1.29 is 97.8 Å². The summed E-state index contributed by atoms with van der Waals surface area (Å²) in [5.41, 5.74) is 0. The Labute approximate surface area is 224 Å². The third-order valence-corrected chi connectivity index (χ3v) is 7.49. The van der Waals surface area contributed by atoms with Gasteiger partial charge in [0.1, 0.15) is 29.1 Å². The van der Waals surface area contributed by atoms with E-state index in [-0.39, 0.29) is 92.7 Å². The van der Waals surface area contributed by atoms with Crippen LogP contribution < -0.4 is 14.7 Å².